The predicted octanol–water partition coefficient (Wildman–Crippen LogP) is 6.02. The van der Waals surface area contributed by atoms with Crippen molar-refractivity contribution in [3.8, 4) is 6.07 Å². The number of halogens is 1. The highest BCUT2D eigenvalue weighted by Gasteiger charge is 2.23. The van der Waals surface area contributed by atoms with E-state index in [1.54, 1.807) is 12.1 Å². The molecule has 2 heterocycles. The standard InChI is InChI=1S/C21H15ClN2O2S/c1-12-3-2-4-16(7-12)24-21-14(11-23)10-19(27-21)20(25)18-9-13-8-15(22)5-6-17(13)26-18/h2-4,7-10,24H,5-6H2,1H3. The molecule has 0 fully saturated rings. The van der Waals surface area contributed by atoms with E-state index < -0.39 is 0 Å². The highest BCUT2D eigenvalue weighted by Crippen LogP contribution is 2.34. The van der Waals surface area contributed by atoms with Gasteiger partial charge < -0.3 is 9.73 Å². The first-order chi connectivity index (χ1) is 13.0. The number of allylic oxidation sites excluding steroid dienone is 1. The van der Waals surface area contributed by atoms with Gasteiger partial charge in [-0.25, -0.2) is 0 Å². The fourth-order valence-electron chi connectivity index (χ4n) is 3.00. The third-order valence-corrected chi connectivity index (χ3v) is 5.67. The molecular weight excluding hydrogens is 380 g/mol. The van der Waals surface area contributed by atoms with Crippen molar-refractivity contribution in [2.45, 2.75) is 19.8 Å². The average molecular weight is 395 g/mol. The zero-order valence-corrected chi connectivity index (χ0v) is 16.1. The summed E-state index contributed by atoms with van der Waals surface area (Å²) in [6.07, 6.45) is 3.24. The second-order valence-corrected chi connectivity index (χ2v) is 7.91. The lowest BCUT2D eigenvalue weighted by Crippen LogP contribution is -1.96. The summed E-state index contributed by atoms with van der Waals surface area (Å²) in [5, 5.41) is 14.1. The summed E-state index contributed by atoms with van der Waals surface area (Å²) in [6.45, 7) is 2.00. The quantitative estimate of drug-likeness (QED) is 0.549. The highest BCUT2D eigenvalue weighted by atomic mass is 35.5. The molecule has 134 valence electrons. The van der Waals surface area contributed by atoms with Gasteiger partial charge in [-0.1, -0.05) is 23.7 Å². The van der Waals surface area contributed by atoms with E-state index in [0.29, 0.717) is 21.9 Å². The number of carbonyl (C=O) groups excluding carboxylic acids is 1. The zero-order valence-electron chi connectivity index (χ0n) is 14.5. The molecule has 0 unspecified atom stereocenters. The molecule has 4 nitrogen and oxygen atoms in total. The summed E-state index contributed by atoms with van der Waals surface area (Å²) in [4.78, 5) is 13.3. The van der Waals surface area contributed by atoms with Crippen molar-refractivity contribution in [1.29, 1.82) is 5.26 Å². The number of carbonyl (C=O) groups is 1. The van der Waals surface area contributed by atoms with Crippen LogP contribution in [0.2, 0.25) is 0 Å². The lowest BCUT2D eigenvalue weighted by molar-refractivity contribution is 0.101. The number of ketones is 1. The van der Waals surface area contributed by atoms with Gasteiger partial charge in [-0.05, 0) is 49.2 Å². The van der Waals surface area contributed by atoms with Crippen LogP contribution in [0.3, 0.4) is 0 Å². The van der Waals surface area contributed by atoms with Crippen LogP contribution in [0.1, 0.15) is 44.3 Å². The van der Waals surface area contributed by atoms with Crippen LogP contribution < -0.4 is 5.32 Å². The van der Waals surface area contributed by atoms with Crippen molar-refractivity contribution >= 4 is 45.5 Å². The fraction of sp³-hybridized carbons (Fsp3) is 0.143. The van der Waals surface area contributed by atoms with E-state index >= 15 is 0 Å². The first-order valence-corrected chi connectivity index (χ1v) is 9.64. The Kier molecular flexibility index (Phi) is 4.61. The maximum Gasteiger partial charge on any atom is 0.238 e. The predicted molar refractivity (Wildman–Crippen MR) is 108 cm³/mol. The van der Waals surface area contributed by atoms with E-state index in [4.69, 9.17) is 16.0 Å². The molecule has 1 aromatic carbocycles. The average Bonchev–Trinajstić information content (AvgIpc) is 3.24. The van der Waals surface area contributed by atoms with Crippen molar-refractivity contribution in [2.24, 2.45) is 0 Å². The number of hydrogen-bond acceptors (Lipinski definition) is 5. The minimum absolute atomic E-state index is 0.229. The van der Waals surface area contributed by atoms with E-state index in [1.807, 2.05) is 37.3 Å². The summed E-state index contributed by atoms with van der Waals surface area (Å²) in [5.41, 5.74) is 3.27. The normalized spacial score (nSPS) is 12.9. The van der Waals surface area contributed by atoms with Gasteiger partial charge in [-0.15, -0.1) is 11.3 Å². The van der Waals surface area contributed by atoms with E-state index in [0.717, 1.165) is 34.0 Å². The van der Waals surface area contributed by atoms with Gasteiger partial charge in [0.05, 0.1) is 10.4 Å². The monoisotopic (exact) mass is 394 g/mol. The third kappa shape index (κ3) is 3.55. The van der Waals surface area contributed by atoms with Gasteiger partial charge >= 0.3 is 0 Å². The van der Waals surface area contributed by atoms with Crippen LogP contribution in [0.25, 0.3) is 6.08 Å². The molecule has 1 aliphatic carbocycles. The summed E-state index contributed by atoms with van der Waals surface area (Å²) >= 11 is 7.32. The second kappa shape index (κ2) is 7.07. The minimum Gasteiger partial charge on any atom is -0.457 e. The molecule has 27 heavy (non-hydrogen) atoms. The Morgan fingerprint density at radius 3 is 2.93 bits per heavy atom. The van der Waals surface area contributed by atoms with Gasteiger partial charge in [0.1, 0.15) is 16.8 Å². The Morgan fingerprint density at radius 1 is 1.30 bits per heavy atom. The van der Waals surface area contributed by atoms with Crippen LogP contribution in [-0.2, 0) is 6.42 Å². The van der Waals surface area contributed by atoms with Gasteiger partial charge in [0.15, 0.2) is 5.76 Å². The molecule has 0 atom stereocenters. The Balaban J connectivity index is 1.64. The SMILES string of the molecule is Cc1cccc(Nc2sc(C(=O)c3cc4c(o3)CCC(Cl)=C4)cc2C#N)c1. The van der Waals surface area contributed by atoms with Crippen molar-refractivity contribution in [1.82, 2.24) is 0 Å². The van der Waals surface area contributed by atoms with Crippen molar-refractivity contribution in [3.63, 3.8) is 0 Å². The molecule has 3 aromatic rings. The number of hydrogen-bond donors (Lipinski definition) is 1. The topological polar surface area (TPSA) is 66.0 Å². The summed E-state index contributed by atoms with van der Waals surface area (Å²) in [7, 11) is 0. The van der Waals surface area contributed by atoms with Gasteiger partial charge in [0, 0.05) is 22.7 Å². The summed E-state index contributed by atoms with van der Waals surface area (Å²) in [5.74, 6) is 0.820. The molecule has 0 bridgehead atoms. The Bertz CT molecular complexity index is 1120. The van der Waals surface area contributed by atoms with Gasteiger partial charge in [-0.3, -0.25) is 4.79 Å². The lowest BCUT2D eigenvalue weighted by Gasteiger charge is -2.05. The molecule has 0 saturated heterocycles. The molecule has 0 radical (unpaired) electrons. The van der Waals surface area contributed by atoms with Gasteiger partial charge in [-0.2, -0.15) is 5.26 Å². The van der Waals surface area contributed by atoms with Crippen LogP contribution in [0, 0.1) is 18.3 Å². The number of benzene rings is 1. The van der Waals surface area contributed by atoms with E-state index in [9.17, 15) is 10.1 Å². The van der Waals surface area contributed by atoms with Crippen LogP contribution in [0.15, 0.2) is 45.8 Å². The Labute approximate surface area is 165 Å². The van der Waals surface area contributed by atoms with Crippen molar-refractivity contribution in [3.05, 3.63) is 74.5 Å². The van der Waals surface area contributed by atoms with E-state index in [2.05, 4.69) is 11.4 Å². The van der Waals surface area contributed by atoms with Crippen LogP contribution in [-0.4, -0.2) is 5.78 Å². The van der Waals surface area contributed by atoms with E-state index in [1.165, 1.54) is 11.3 Å². The first kappa shape index (κ1) is 17.6. The number of thiophene rings is 1. The Morgan fingerprint density at radius 2 is 2.15 bits per heavy atom. The largest absolute Gasteiger partial charge is 0.457 e. The summed E-state index contributed by atoms with van der Waals surface area (Å²) in [6, 6.07) is 13.3. The number of fused-ring (bicyclic) bond motifs is 1. The first-order valence-electron chi connectivity index (χ1n) is 8.44. The van der Waals surface area contributed by atoms with Gasteiger partial charge in [0.25, 0.3) is 0 Å². The molecule has 4 rings (SSSR count). The summed E-state index contributed by atoms with van der Waals surface area (Å²) < 4.78 is 5.74. The molecule has 6 heteroatoms. The van der Waals surface area contributed by atoms with Crippen LogP contribution in [0.4, 0.5) is 10.7 Å². The maximum absolute atomic E-state index is 12.9. The number of nitrogens with zero attached hydrogens (tertiary/aromatic N) is 1. The van der Waals surface area contributed by atoms with E-state index in [-0.39, 0.29) is 11.5 Å². The maximum atomic E-state index is 12.9. The lowest BCUT2D eigenvalue weighted by atomic mass is 10.1. The molecule has 2 aromatic heterocycles. The van der Waals surface area contributed by atoms with Crippen LogP contribution in [0.5, 0.6) is 0 Å². The Hall–Kier alpha value is -2.81. The number of nitrogens with one attached hydrogen (secondary N) is 1. The number of anilines is 2. The molecule has 1 N–H and O–H groups in total. The third-order valence-electron chi connectivity index (χ3n) is 4.32. The van der Waals surface area contributed by atoms with Crippen molar-refractivity contribution < 1.29 is 9.21 Å². The second-order valence-electron chi connectivity index (χ2n) is 6.37. The molecule has 0 saturated carbocycles. The number of aryl methyl sites for hydroxylation is 2. The zero-order chi connectivity index (χ0) is 19.0. The molecule has 0 aliphatic heterocycles. The van der Waals surface area contributed by atoms with Crippen LogP contribution >= 0.6 is 22.9 Å². The number of rotatable bonds is 4. The molecule has 1 aliphatic rings. The smallest absolute Gasteiger partial charge is 0.238 e. The van der Waals surface area contributed by atoms with Gasteiger partial charge in [0.2, 0.25) is 5.78 Å². The van der Waals surface area contributed by atoms with Crippen molar-refractivity contribution in [2.75, 3.05) is 5.32 Å². The number of nitriles is 1. The minimum atomic E-state index is -0.229. The number of furan rings is 1. The molecule has 0 amide bonds. The highest BCUT2D eigenvalue weighted by molar-refractivity contribution is 7.18. The fourth-order valence-corrected chi connectivity index (χ4v) is 4.19. The molecule has 0 spiro atoms. The molecular formula is C21H15ClN2O2S.